The lowest BCUT2D eigenvalue weighted by atomic mass is 10.0. The van der Waals surface area contributed by atoms with Gasteiger partial charge in [-0.2, -0.15) is 5.10 Å². The van der Waals surface area contributed by atoms with Gasteiger partial charge in [-0.15, -0.1) is 0 Å². The molecule has 1 aliphatic carbocycles. The third-order valence-corrected chi connectivity index (χ3v) is 8.70. The van der Waals surface area contributed by atoms with Gasteiger partial charge in [0.2, 0.25) is 15.9 Å². The van der Waals surface area contributed by atoms with E-state index in [1.54, 1.807) is 30.7 Å². The average molecular weight is 625 g/mol. The summed E-state index contributed by atoms with van der Waals surface area (Å²) < 4.78 is 40.2. The van der Waals surface area contributed by atoms with E-state index in [1.807, 2.05) is 24.3 Å². The number of carbonyl (C=O) groups excluding carboxylic acids is 1. The normalized spacial score (nSPS) is 14.0. The number of nitrogens with one attached hydrogen (secondary N) is 4. The van der Waals surface area contributed by atoms with Crippen molar-refractivity contribution in [3.05, 3.63) is 78.5 Å². The lowest BCUT2D eigenvalue weighted by molar-refractivity contribution is -0.119. The Hall–Kier alpha value is -5.01. The number of aromatic nitrogens is 6. The molecule has 4 N–H and O–H groups in total. The number of aromatic amines is 2. The fourth-order valence-corrected chi connectivity index (χ4v) is 6.29. The highest BCUT2D eigenvalue weighted by Gasteiger charge is 2.23. The molecule has 0 saturated heterocycles. The molecule has 0 bridgehead atoms. The summed E-state index contributed by atoms with van der Waals surface area (Å²) in [6.45, 7) is -0.0330. The number of rotatable bonds is 8. The minimum Gasteiger partial charge on any atom is -0.338 e. The fraction of sp³-hybridized carbons (Fsp3) is 0.219. The number of fused-ring (bicyclic) bond motifs is 2. The van der Waals surface area contributed by atoms with E-state index in [4.69, 9.17) is 4.98 Å². The standard InChI is InChI=1S/C32H29FN8O3S/c1-45(43,44)36-15-18-10-20(12-22(33)11-18)24-8-9-35-31-25(24)14-28(39-31)30-29-27(40-41-30)7-6-26(38-29)21-13-23(17-34-16-21)37-32(42)19-4-2-3-5-19/h6-14,16-17,19,36H,2-5,15H2,1H3,(H,35,39)(H,37,42)(H,40,41). The van der Waals surface area contributed by atoms with Crippen molar-refractivity contribution >= 4 is 43.7 Å². The number of benzene rings is 1. The Labute approximate surface area is 257 Å². The number of sulfonamides is 1. The summed E-state index contributed by atoms with van der Waals surface area (Å²) in [7, 11) is -3.44. The van der Waals surface area contributed by atoms with Gasteiger partial charge in [0.1, 0.15) is 22.7 Å². The van der Waals surface area contributed by atoms with Gasteiger partial charge >= 0.3 is 0 Å². The minimum atomic E-state index is -3.44. The van der Waals surface area contributed by atoms with Crippen LogP contribution in [0, 0.1) is 11.7 Å². The molecule has 0 spiro atoms. The first-order chi connectivity index (χ1) is 21.7. The molecule has 1 aliphatic rings. The highest BCUT2D eigenvalue weighted by molar-refractivity contribution is 7.88. The Balaban J connectivity index is 1.22. The number of hydrogen-bond acceptors (Lipinski definition) is 7. The van der Waals surface area contributed by atoms with Gasteiger partial charge in [-0.25, -0.2) is 27.5 Å². The van der Waals surface area contributed by atoms with Crippen LogP contribution in [-0.4, -0.2) is 50.7 Å². The van der Waals surface area contributed by atoms with Gasteiger partial charge < -0.3 is 10.3 Å². The first kappa shape index (κ1) is 28.7. The molecule has 45 heavy (non-hydrogen) atoms. The van der Waals surface area contributed by atoms with E-state index in [2.05, 4.69) is 35.2 Å². The average Bonchev–Trinajstić information content (AvgIpc) is 3.79. The topological polar surface area (TPSA) is 158 Å². The second-order valence-corrected chi connectivity index (χ2v) is 13.2. The summed E-state index contributed by atoms with van der Waals surface area (Å²) in [6.07, 6.45) is 10.0. The molecule has 5 aromatic heterocycles. The molecule has 0 radical (unpaired) electrons. The highest BCUT2D eigenvalue weighted by atomic mass is 32.2. The van der Waals surface area contributed by atoms with E-state index in [-0.39, 0.29) is 18.4 Å². The Bertz CT molecular complexity index is 2190. The van der Waals surface area contributed by atoms with Crippen LogP contribution >= 0.6 is 0 Å². The molecule has 0 unspecified atom stereocenters. The maximum Gasteiger partial charge on any atom is 0.227 e. The van der Waals surface area contributed by atoms with E-state index in [0.29, 0.717) is 45.1 Å². The van der Waals surface area contributed by atoms with E-state index in [9.17, 15) is 17.6 Å². The molecule has 7 rings (SSSR count). The molecule has 6 aromatic rings. The molecule has 13 heteroatoms. The van der Waals surface area contributed by atoms with Crippen LogP contribution in [0.25, 0.3) is 55.8 Å². The highest BCUT2D eigenvalue weighted by Crippen LogP contribution is 2.34. The number of halogens is 1. The molecule has 11 nitrogen and oxygen atoms in total. The first-order valence-electron chi connectivity index (χ1n) is 14.5. The molecule has 1 fully saturated rings. The Morgan fingerprint density at radius 3 is 2.71 bits per heavy atom. The van der Waals surface area contributed by atoms with Crippen LogP contribution in [0.1, 0.15) is 31.2 Å². The van der Waals surface area contributed by atoms with Gasteiger partial charge in [0.05, 0.1) is 35.0 Å². The van der Waals surface area contributed by atoms with Crippen molar-refractivity contribution < 1.29 is 17.6 Å². The van der Waals surface area contributed by atoms with Crippen molar-refractivity contribution in [2.75, 3.05) is 11.6 Å². The van der Waals surface area contributed by atoms with Gasteiger partial charge in [0.25, 0.3) is 0 Å². The van der Waals surface area contributed by atoms with Crippen molar-refractivity contribution in [2.45, 2.75) is 32.2 Å². The number of H-pyrrole nitrogens is 2. The Kier molecular flexibility index (Phi) is 7.34. The predicted molar refractivity (Wildman–Crippen MR) is 170 cm³/mol. The fourth-order valence-electron chi connectivity index (χ4n) is 5.86. The smallest absolute Gasteiger partial charge is 0.227 e. The third-order valence-electron chi connectivity index (χ3n) is 8.03. The SMILES string of the molecule is CS(=O)(=O)NCc1cc(F)cc(-c2ccnc3[nH]c(-c4n[nH]c5ccc(-c6cncc(NC(=O)C7CCCC7)c6)nc45)cc23)c1. The van der Waals surface area contributed by atoms with E-state index < -0.39 is 15.8 Å². The predicted octanol–water partition coefficient (Wildman–Crippen LogP) is 5.55. The van der Waals surface area contributed by atoms with Crippen molar-refractivity contribution in [1.82, 2.24) is 34.9 Å². The molecule has 1 saturated carbocycles. The maximum atomic E-state index is 14.6. The number of pyridine rings is 3. The van der Waals surface area contributed by atoms with E-state index >= 15 is 0 Å². The number of amides is 1. The molecule has 1 amide bonds. The number of nitrogens with zero attached hydrogens (tertiary/aromatic N) is 4. The first-order valence-corrected chi connectivity index (χ1v) is 16.4. The summed E-state index contributed by atoms with van der Waals surface area (Å²) >= 11 is 0. The van der Waals surface area contributed by atoms with Crippen molar-refractivity contribution in [1.29, 1.82) is 0 Å². The van der Waals surface area contributed by atoms with Crippen LogP contribution in [-0.2, 0) is 21.4 Å². The van der Waals surface area contributed by atoms with Crippen LogP contribution in [0.15, 0.2) is 67.1 Å². The zero-order valence-corrected chi connectivity index (χ0v) is 25.1. The van der Waals surface area contributed by atoms with Crippen molar-refractivity contribution in [3.63, 3.8) is 0 Å². The molecular weight excluding hydrogens is 595 g/mol. The van der Waals surface area contributed by atoms with Gasteiger partial charge in [-0.1, -0.05) is 12.8 Å². The molecule has 1 aromatic carbocycles. The van der Waals surface area contributed by atoms with Crippen LogP contribution in [0.2, 0.25) is 0 Å². The van der Waals surface area contributed by atoms with Crippen molar-refractivity contribution in [2.24, 2.45) is 5.92 Å². The maximum absolute atomic E-state index is 14.6. The quantitative estimate of drug-likeness (QED) is 0.173. The summed E-state index contributed by atoms with van der Waals surface area (Å²) in [5.41, 5.74) is 7.00. The summed E-state index contributed by atoms with van der Waals surface area (Å²) in [5.74, 6) is -0.410. The van der Waals surface area contributed by atoms with Crippen LogP contribution in [0.4, 0.5) is 10.1 Å². The zero-order chi connectivity index (χ0) is 31.1. The van der Waals surface area contributed by atoms with E-state index in [1.165, 1.54) is 12.1 Å². The largest absolute Gasteiger partial charge is 0.338 e. The van der Waals surface area contributed by atoms with Gasteiger partial charge in [-0.05, 0) is 78.1 Å². The molecule has 5 heterocycles. The number of carbonyl (C=O) groups is 1. The second kappa shape index (κ2) is 11.5. The summed E-state index contributed by atoms with van der Waals surface area (Å²) in [5, 5.41) is 11.3. The lowest BCUT2D eigenvalue weighted by Gasteiger charge is -2.11. The van der Waals surface area contributed by atoms with Gasteiger partial charge in [-0.3, -0.25) is 14.9 Å². The van der Waals surface area contributed by atoms with Gasteiger partial charge in [0.15, 0.2) is 0 Å². The molecule has 228 valence electrons. The minimum absolute atomic E-state index is 0.0267. The van der Waals surface area contributed by atoms with Gasteiger partial charge in [0, 0.05) is 35.8 Å². The van der Waals surface area contributed by atoms with E-state index in [0.717, 1.165) is 54.0 Å². The molecular formula is C32H29FN8O3S. The lowest BCUT2D eigenvalue weighted by Crippen LogP contribution is -2.21. The Morgan fingerprint density at radius 2 is 1.89 bits per heavy atom. The third kappa shape index (κ3) is 6.04. The Morgan fingerprint density at radius 1 is 1.04 bits per heavy atom. The molecule has 0 aliphatic heterocycles. The number of anilines is 1. The van der Waals surface area contributed by atoms with Crippen LogP contribution in [0.3, 0.4) is 0 Å². The van der Waals surface area contributed by atoms with Crippen LogP contribution < -0.4 is 10.0 Å². The van der Waals surface area contributed by atoms with Crippen LogP contribution in [0.5, 0.6) is 0 Å². The zero-order valence-electron chi connectivity index (χ0n) is 24.3. The number of hydrogen-bond donors (Lipinski definition) is 4. The monoisotopic (exact) mass is 624 g/mol. The summed E-state index contributed by atoms with van der Waals surface area (Å²) in [4.78, 5) is 29.7. The summed E-state index contributed by atoms with van der Waals surface area (Å²) in [6, 6.07) is 13.8. The molecule has 0 atom stereocenters. The van der Waals surface area contributed by atoms with Crippen molar-refractivity contribution in [3.8, 4) is 33.8 Å². The second-order valence-electron chi connectivity index (χ2n) is 11.3.